The molecule has 4 aliphatic carbocycles. The minimum Gasteiger partial charge on any atom is -0.393 e. The van der Waals surface area contributed by atoms with Crippen LogP contribution in [-0.4, -0.2) is 29.4 Å². The summed E-state index contributed by atoms with van der Waals surface area (Å²) in [5.74, 6) is 4.37. The number of carbonyl (C=O) groups excluding carboxylic acids is 2. The number of amides is 1. The van der Waals surface area contributed by atoms with Crippen LogP contribution in [0.5, 0.6) is 0 Å². The summed E-state index contributed by atoms with van der Waals surface area (Å²) in [6.45, 7) is 8.01. The quantitative estimate of drug-likeness (QED) is 0.157. The summed E-state index contributed by atoms with van der Waals surface area (Å²) in [4.78, 5) is 24.4. The molecule has 0 radical (unpaired) electrons. The molecule has 4 aliphatic rings. The molecule has 0 aromatic carbocycles. The van der Waals surface area contributed by atoms with Crippen molar-refractivity contribution in [2.45, 2.75) is 181 Å². The highest BCUT2D eigenvalue weighted by Gasteiger charge is 2.62. The lowest BCUT2D eigenvalue weighted by molar-refractivity contribution is -0.156. The topological polar surface area (TPSA) is 66.4 Å². The number of fused-ring (bicyclic) bond motifs is 5. The number of carbonyl (C=O) groups is 2. The van der Waals surface area contributed by atoms with E-state index < -0.39 is 0 Å². The van der Waals surface area contributed by atoms with Crippen molar-refractivity contribution in [3.63, 3.8) is 0 Å². The molecule has 0 unspecified atom stereocenters. The molecule has 2 N–H and O–H groups in total. The minimum atomic E-state index is -0.103. The van der Waals surface area contributed by atoms with Crippen LogP contribution in [0.1, 0.15) is 175 Å². The lowest BCUT2D eigenvalue weighted by atomic mass is 9.42. The number of rotatable bonds is 18. The molecule has 4 heteroatoms. The van der Waals surface area contributed by atoms with Gasteiger partial charge in [0.05, 0.1) is 6.10 Å². The molecule has 0 spiro atoms. The summed E-state index contributed by atoms with van der Waals surface area (Å²) in [5, 5.41) is 14.0. The summed E-state index contributed by atoms with van der Waals surface area (Å²) in [6, 6.07) is 0. The van der Waals surface area contributed by atoms with Gasteiger partial charge in [0, 0.05) is 25.8 Å². The van der Waals surface area contributed by atoms with Crippen molar-refractivity contribution in [3.05, 3.63) is 0 Å². The molecule has 0 aromatic heterocycles. The van der Waals surface area contributed by atoms with Crippen LogP contribution in [0.3, 0.4) is 0 Å². The fraction of sp³-hybridized carbons (Fsp3) is 0.947. The minimum absolute atomic E-state index is 0.103. The zero-order valence-electron chi connectivity index (χ0n) is 27.9. The third-order valence-electron chi connectivity index (χ3n) is 13.2. The highest BCUT2D eigenvalue weighted by Crippen LogP contribution is 2.67. The molecular formula is C38H67NO3. The van der Waals surface area contributed by atoms with E-state index in [9.17, 15) is 14.7 Å². The lowest BCUT2D eigenvalue weighted by Crippen LogP contribution is -2.57. The van der Waals surface area contributed by atoms with Gasteiger partial charge >= 0.3 is 0 Å². The fourth-order valence-electron chi connectivity index (χ4n) is 10.5. The molecule has 0 aromatic rings. The van der Waals surface area contributed by atoms with Crippen LogP contribution in [0.25, 0.3) is 0 Å². The Labute approximate surface area is 259 Å². The maximum Gasteiger partial charge on any atom is 0.219 e. The smallest absolute Gasteiger partial charge is 0.219 e. The van der Waals surface area contributed by atoms with Gasteiger partial charge in [-0.2, -0.15) is 0 Å². The van der Waals surface area contributed by atoms with Crippen molar-refractivity contribution in [2.75, 3.05) is 6.54 Å². The summed E-state index contributed by atoms with van der Waals surface area (Å²) in [7, 11) is 0. The third kappa shape index (κ3) is 8.42. The van der Waals surface area contributed by atoms with Gasteiger partial charge in [-0.1, -0.05) is 104 Å². The Morgan fingerprint density at radius 3 is 2.14 bits per heavy atom. The van der Waals surface area contributed by atoms with Gasteiger partial charge in [-0.3, -0.25) is 9.59 Å². The van der Waals surface area contributed by atoms with Gasteiger partial charge < -0.3 is 10.4 Å². The van der Waals surface area contributed by atoms with Crippen molar-refractivity contribution >= 4 is 11.7 Å². The van der Waals surface area contributed by atoms with Gasteiger partial charge in [0.25, 0.3) is 0 Å². The molecule has 4 nitrogen and oxygen atoms in total. The van der Waals surface area contributed by atoms with Crippen LogP contribution in [0.4, 0.5) is 0 Å². The Morgan fingerprint density at radius 2 is 1.45 bits per heavy atom. The van der Waals surface area contributed by atoms with E-state index in [4.69, 9.17) is 0 Å². The first-order valence-corrected chi connectivity index (χ1v) is 18.8. The van der Waals surface area contributed by atoms with E-state index in [1.54, 1.807) is 0 Å². The van der Waals surface area contributed by atoms with Crippen molar-refractivity contribution < 1.29 is 14.7 Å². The maximum atomic E-state index is 12.5. The number of aliphatic hydroxyl groups excluding tert-OH is 1. The zero-order valence-corrected chi connectivity index (χ0v) is 27.9. The number of ketones is 1. The predicted octanol–water partition coefficient (Wildman–Crippen LogP) is 9.56. The third-order valence-corrected chi connectivity index (χ3v) is 13.2. The number of hydrogen-bond donors (Lipinski definition) is 2. The number of aliphatic hydroxyl groups is 1. The average Bonchev–Trinajstić information content (AvgIpc) is 3.28. The molecule has 4 rings (SSSR count). The van der Waals surface area contributed by atoms with Crippen LogP contribution in [-0.2, 0) is 9.59 Å². The first-order chi connectivity index (χ1) is 20.3. The zero-order chi connectivity index (χ0) is 30.0. The Balaban J connectivity index is 1.09. The molecule has 0 saturated heterocycles. The highest BCUT2D eigenvalue weighted by molar-refractivity contribution is 5.79. The summed E-state index contributed by atoms with van der Waals surface area (Å²) < 4.78 is 0. The van der Waals surface area contributed by atoms with Crippen molar-refractivity contribution in [1.29, 1.82) is 0 Å². The van der Waals surface area contributed by atoms with Crippen molar-refractivity contribution in [3.8, 4) is 0 Å². The van der Waals surface area contributed by atoms with Gasteiger partial charge in [-0.15, -0.1) is 0 Å². The second-order valence-electron chi connectivity index (χ2n) is 15.9. The Morgan fingerprint density at radius 1 is 0.810 bits per heavy atom. The molecule has 1 amide bonds. The van der Waals surface area contributed by atoms with Gasteiger partial charge in [0.15, 0.2) is 0 Å². The van der Waals surface area contributed by atoms with Crippen LogP contribution in [0, 0.1) is 40.4 Å². The van der Waals surface area contributed by atoms with E-state index in [1.807, 2.05) is 0 Å². The van der Waals surface area contributed by atoms with Gasteiger partial charge in [0.2, 0.25) is 5.91 Å². The Kier molecular flexibility index (Phi) is 13.3. The van der Waals surface area contributed by atoms with E-state index >= 15 is 0 Å². The Hall–Kier alpha value is -0.900. The van der Waals surface area contributed by atoms with Crippen LogP contribution in [0.2, 0.25) is 0 Å². The van der Waals surface area contributed by atoms with E-state index in [0.29, 0.717) is 29.5 Å². The number of nitrogens with one attached hydrogen (secondary N) is 1. The van der Waals surface area contributed by atoms with Gasteiger partial charge in [0.1, 0.15) is 5.78 Å². The van der Waals surface area contributed by atoms with E-state index in [-0.39, 0.29) is 17.4 Å². The largest absolute Gasteiger partial charge is 0.393 e. The Bertz CT molecular complexity index is 842. The van der Waals surface area contributed by atoms with Gasteiger partial charge in [-0.05, 0) is 91.8 Å². The normalized spacial score (nSPS) is 35.9. The molecule has 0 aliphatic heterocycles. The molecule has 42 heavy (non-hydrogen) atoms. The fourth-order valence-corrected chi connectivity index (χ4v) is 10.5. The molecule has 4 saturated carbocycles. The van der Waals surface area contributed by atoms with Crippen molar-refractivity contribution in [1.82, 2.24) is 5.32 Å². The number of unbranched alkanes of at least 4 members (excludes halogenated alkanes) is 12. The first-order valence-electron chi connectivity index (χ1n) is 18.8. The van der Waals surface area contributed by atoms with Gasteiger partial charge in [-0.25, -0.2) is 0 Å². The molecular weight excluding hydrogens is 518 g/mol. The summed E-state index contributed by atoms with van der Waals surface area (Å²) >= 11 is 0. The second kappa shape index (κ2) is 16.4. The molecule has 0 bridgehead atoms. The highest BCUT2D eigenvalue weighted by atomic mass is 16.3. The summed E-state index contributed by atoms with van der Waals surface area (Å²) in [5.41, 5.74) is 0.488. The number of Topliss-reactive ketones (excluding diaryl/α,β-unsaturated/α-hetero) is 1. The second-order valence-corrected chi connectivity index (χ2v) is 15.9. The maximum absolute atomic E-state index is 12.5. The first kappa shape index (κ1) is 34.0. The SMILES string of the molecule is CCCCCNC(=O)CCCCCCCCCCCCC[C@@H]1C[C@H]2CC(=O)CC[C@]2(C)[C@H]2CC[C@]3(C)[C@@H](O)CC[C@H]3[C@H]12. The lowest BCUT2D eigenvalue weighted by Gasteiger charge is -2.62. The molecule has 0 heterocycles. The van der Waals surface area contributed by atoms with Crippen LogP contribution in [0.15, 0.2) is 0 Å². The van der Waals surface area contributed by atoms with Crippen LogP contribution >= 0.6 is 0 Å². The van der Waals surface area contributed by atoms with E-state index in [2.05, 4.69) is 26.1 Å². The number of hydrogen-bond acceptors (Lipinski definition) is 3. The molecule has 4 fully saturated rings. The predicted molar refractivity (Wildman–Crippen MR) is 174 cm³/mol. The molecule has 8 atom stereocenters. The van der Waals surface area contributed by atoms with E-state index in [1.165, 1.54) is 109 Å². The van der Waals surface area contributed by atoms with Crippen molar-refractivity contribution in [2.24, 2.45) is 40.4 Å². The monoisotopic (exact) mass is 586 g/mol. The standard InChI is InChI=1S/C38H67NO3/c1-4-5-17-26-39-35(42)19-16-14-12-10-8-6-7-9-11-13-15-18-29-27-30-28-31(40)22-24-37(30,2)33-23-25-38(3)32(36(29)33)20-21-34(38)41/h29-30,32-34,36,41H,4-28H2,1-3H3,(H,39,42)/t29-,30+,32+,33+,34+,36+,37+,38+/m1/s1. The van der Waals surface area contributed by atoms with E-state index in [0.717, 1.165) is 62.8 Å². The average molecular weight is 586 g/mol. The molecule has 242 valence electrons. The van der Waals surface area contributed by atoms with Crippen LogP contribution < -0.4 is 5.32 Å². The summed E-state index contributed by atoms with van der Waals surface area (Å²) in [6.07, 6.45) is 28.6.